The van der Waals surface area contributed by atoms with E-state index in [1.165, 1.54) is 6.26 Å². The Balaban J connectivity index is 2.34. The van der Waals surface area contributed by atoms with Gasteiger partial charge in [0.25, 0.3) is 5.56 Å². The van der Waals surface area contributed by atoms with Crippen LogP contribution in [0.25, 0.3) is 11.0 Å². The molecule has 1 unspecified atom stereocenters. The maximum atomic E-state index is 13.6. The molecule has 180 valence electrons. The highest BCUT2D eigenvalue weighted by Crippen LogP contribution is 2.41. The van der Waals surface area contributed by atoms with Gasteiger partial charge < -0.3 is 4.55 Å². The normalized spacial score (nSPS) is 12.9. The van der Waals surface area contributed by atoms with Gasteiger partial charge in [-0.3, -0.25) is 14.3 Å². The molecule has 0 aliphatic carbocycles. The second kappa shape index (κ2) is 10.4. The predicted octanol–water partition coefficient (Wildman–Crippen LogP) is 4.85. The number of pyridine rings is 2. The SMILES string of the molecule is Cc1c(C#C[Si](C(C)C)(C(C)C)C(C)C)c2cnc([S+](C)[O-])nc2n(Cc2cccnc2)c1=O. The molecule has 3 aromatic heterocycles. The molecule has 1 atom stereocenters. The molecule has 0 N–H and O–H groups in total. The number of hydrogen-bond acceptors (Lipinski definition) is 5. The Morgan fingerprint density at radius 2 is 1.76 bits per heavy atom. The molecule has 0 aromatic carbocycles. The summed E-state index contributed by atoms with van der Waals surface area (Å²) in [6.07, 6.45) is 6.63. The van der Waals surface area contributed by atoms with E-state index in [1.54, 1.807) is 23.2 Å². The summed E-state index contributed by atoms with van der Waals surface area (Å²) in [5, 5.41) is 0.909. The first-order chi connectivity index (χ1) is 16.0. The van der Waals surface area contributed by atoms with Gasteiger partial charge in [-0.25, -0.2) is 0 Å². The van der Waals surface area contributed by atoms with Crippen LogP contribution in [-0.2, 0) is 17.7 Å². The summed E-state index contributed by atoms with van der Waals surface area (Å²) < 4.78 is 13.8. The van der Waals surface area contributed by atoms with Crippen LogP contribution in [0.3, 0.4) is 0 Å². The van der Waals surface area contributed by atoms with E-state index in [-0.39, 0.29) is 10.7 Å². The molecule has 0 saturated heterocycles. The fourth-order valence-electron chi connectivity index (χ4n) is 5.07. The van der Waals surface area contributed by atoms with Crippen molar-refractivity contribution in [2.75, 3.05) is 6.26 Å². The summed E-state index contributed by atoms with van der Waals surface area (Å²) in [5.41, 5.74) is 7.59. The van der Waals surface area contributed by atoms with Gasteiger partial charge in [0, 0.05) is 40.9 Å². The molecule has 3 heterocycles. The molecule has 6 nitrogen and oxygen atoms in total. The fourth-order valence-corrected chi connectivity index (χ4v) is 10.7. The molecule has 8 heteroatoms. The summed E-state index contributed by atoms with van der Waals surface area (Å²) in [5.74, 6) is 3.45. The van der Waals surface area contributed by atoms with E-state index in [0.29, 0.717) is 45.3 Å². The lowest BCUT2D eigenvalue weighted by molar-refractivity contribution is 0.592. The van der Waals surface area contributed by atoms with Gasteiger partial charge in [-0.2, -0.15) is 9.97 Å². The molecule has 0 aliphatic rings. The molecule has 0 amide bonds. The van der Waals surface area contributed by atoms with E-state index in [0.717, 1.165) is 5.56 Å². The highest BCUT2D eigenvalue weighted by Gasteiger charge is 2.41. The molecule has 0 bridgehead atoms. The first-order valence-corrected chi connectivity index (χ1v) is 15.4. The minimum atomic E-state index is -2.01. The Labute approximate surface area is 206 Å². The highest BCUT2D eigenvalue weighted by atomic mass is 32.2. The molecule has 0 saturated carbocycles. The first kappa shape index (κ1) is 26.1. The molecule has 0 spiro atoms. The lowest BCUT2D eigenvalue weighted by Gasteiger charge is -2.38. The molecular formula is C26H34N4O2SSi. The Hall–Kier alpha value is -2.47. The third-order valence-electron chi connectivity index (χ3n) is 6.80. The summed E-state index contributed by atoms with van der Waals surface area (Å²) in [4.78, 5) is 26.6. The van der Waals surface area contributed by atoms with Crippen LogP contribution in [-0.4, -0.2) is 38.4 Å². The van der Waals surface area contributed by atoms with E-state index in [4.69, 9.17) is 0 Å². The number of aromatic nitrogens is 4. The second-order valence-electron chi connectivity index (χ2n) is 9.74. The van der Waals surface area contributed by atoms with Gasteiger partial charge in [-0.15, -0.1) is 5.54 Å². The fraction of sp³-hybridized carbons (Fsp3) is 0.462. The molecule has 0 radical (unpaired) electrons. The Kier molecular flexibility index (Phi) is 8.01. The van der Waals surface area contributed by atoms with Crippen LogP contribution in [0.4, 0.5) is 0 Å². The van der Waals surface area contributed by atoms with Crippen molar-refractivity contribution in [3.05, 3.63) is 57.8 Å². The Bertz CT molecular complexity index is 1270. The topological polar surface area (TPSA) is 83.7 Å². The van der Waals surface area contributed by atoms with E-state index in [1.807, 2.05) is 19.1 Å². The van der Waals surface area contributed by atoms with Gasteiger partial charge >= 0.3 is 5.16 Å². The van der Waals surface area contributed by atoms with E-state index >= 15 is 0 Å². The van der Waals surface area contributed by atoms with Crippen molar-refractivity contribution in [1.29, 1.82) is 0 Å². The number of rotatable bonds is 6. The lowest BCUT2D eigenvalue weighted by Crippen LogP contribution is -2.43. The Morgan fingerprint density at radius 3 is 2.29 bits per heavy atom. The number of fused-ring (bicyclic) bond motifs is 1. The van der Waals surface area contributed by atoms with E-state index in [9.17, 15) is 9.35 Å². The quantitative estimate of drug-likeness (QED) is 0.212. The molecule has 34 heavy (non-hydrogen) atoms. The maximum absolute atomic E-state index is 13.6. The smallest absolute Gasteiger partial charge is 0.344 e. The van der Waals surface area contributed by atoms with Gasteiger partial charge in [0.15, 0.2) is 5.65 Å². The zero-order chi connectivity index (χ0) is 25.2. The van der Waals surface area contributed by atoms with Crippen molar-refractivity contribution in [2.45, 2.75) is 76.8 Å². The predicted molar refractivity (Wildman–Crippen MR) is 142 cm³/mol. The van der Waals surface area contributed by atoms with Crippen molar-refractivity contribution in [2.24, 2.45) is 0 Å². The molecule has 0 fully saturated rings. The van der Waals surface area contributed by atoms with Crippen LogP contribution in [0, 0.1) is 18.4 Å². The first-order valence-electron chi connectivity index (χ1n) is 11.7. The summed E-state index contributed by atoms with van der Waals surface area (Å²) in [7, 11) is -2.01. The minimum absolute atomic E-state index is 0.155. The third kappa shape index (κ3) is 4.83. The Morgan fingerprint density at radius 1 is 1.12 bits per heavy atom. The summed E-state index contributed by atoms with van der Waals surface area (Å²) in [6.45, 7) is 15.7. The van der Waals surface area contributed by atoms with Crippen LogP contribution in [0.1, 0.15) is 58.2 Å². The average Bonchev–Trinajstić information content (AvgIpc) is 2.78. The lowest BCUT2D eigenvalue weighted by atomic mass is 10.1. The van der Waals surface area contributed by atoms with Crippen LogP contribution in [0.15, 0.2) is 40.7 Å². The second-order valence-corrected chi connectivity index (χ2v) is 16.6. The summed E-state index contributed by atoms with van der Waals surface area (Å²) >= 11 is -1.37. The molecular weight excluding hydrogens is 460 g/mol. The molecule has 3 aromatic rings. The molecule has 3 rings (SSSR count). The van der Waals surface area contributed by atoms with Crippen molar-refractivity contribution >= 4 is 30.3 Å². The van der Waals surface area contributed by atoms with Gasteiger partial charge in [-0.05, 0) is 35.2 Å². The van der Waals surface area contributed by atoms with Crippen LogP contribution in [0.5, 0.6) is 0 Å². The van der Waals surface area contributed by atoms with E-state index < -0.39 is 19.2 Å². The van der Waals surface area contributed by atoms with Gasteiger partial charge in [0.05, 0.1) is 11.9 Å². The zero-order valence-electron chi connectivity index (χ0n) is 21.3. The zero-order valence-corrected chi connectivity index (χ0v) is 23.2. The van der Waals surface area contributed by atoms with Crippen molar-refractivity contribution in [3.8, 4) is 11.5 Å². The molecule has 0 aliphatic heterocycles. The number of hydrogen-bond donors (Lipinski definition) is 0. The van der Waals surface area contributed by atoms with Gasteiger partial charge in [-0.1, -0.05) is 53.5 Å². The van der Waals surface area contributed by atoms with Gasteiger partial charge in [0.2, 0.25) is 0 Å². The highest BCUT2D eigenvalue weighted by molar-refractivity contribution is 7.90. The number of nitrogens with zero attached hydrogens (tertiary/aromatic N) is 4. The van der Waals surface area contributed by atoms with Crippen LogP contribution < -0.4 is 5.56 Å². The van der Waals surface area contributed by atoms with Crippen LogP contribution >= 0.6 is 0 Å². The maximum Gasteiger partial charge on any atom is 0.344 e. The minimum Gasteiger partial charge on any atom is -0.609 e. The van der Waals surface area contributed by atoms with Crippen molar-refractivity contribution < 1.29 is 4.55 Å². The van der Waals surface area contributed by atoms with E-state index in [2.05, 4.69) is 68.0 Å². The van der Waals surface area contributed by atoms with Crippen molar-refractivity contribution in [3.63, 3.8) is 0 Å². The average molecular weight is 495 g/mol. The standard InChI is InChI=1S/C26H34N4O2SSi/c1-17(2)34(18(3)4,19(5)6)13-11-22-20(7)25(31)30(16-21-10-9-12-27-14-21)24-23(22)15-28-26(29-24)33(8)32/h9-10,12,14-15,17-19H,16H2,1-8H3. The summed E-state index contributed by atoms with van der Waals surface area (Å²) in [6, 6.07) is 3.76. The van der Waals surface area contributed by atoms with Crippen LogP contribution in [0.2, 0.25) is 16.6 Å². The largest absolute Gasteiger partial charge is 0.609 e. The van der Waals surface area contributed by atoms with Crippen molar-refractivity contribution in [1.82, 2.24) is 19.5 Å². The monoisotopic (exact) mass is 494 g/mol. The van der Waals surface area contributed by atoms with Gasteiger partial charge in [0.1, 0.15) is 14.3 Å². The third-order valence-corrected chi connectivity index (χ3v) is 13.8.